The average molecular weight is 345 g/mol. The number of halogens is 1. The molecule has 0 aromatic carbocycles. The van der Waals surface area contributed by atoms with Gasteiger partial charge in [0.2, 0.25) is 0 Å². The first-order chi connectivity index (χ1) is 8.47. The summed E-state index contributed by atoms with van der Waals surface area (Å²) in [5, 5.41) is 9.81. The summed E-state index contributed by atoms with van der Waals surface area (Å²) in [7, 11) is 0. The molecule has 0 aliphatic rings. The fraction of sp³-hybridized carbons (Fsp3) is 0.182. The quantitative estimate of drug-likeness (QED) is 0.918. The topological polar surface area (TPSA) is 63.1 Å². The van der Waals surface area contributed by atoms with Crippen molar-refractivity contribution in [2.45, 2.75) is 23.2 Å². The lowest BCUT2D eigenvalue weighted by Crippen LogP contribution is -1.94. The van der Waals surface area contributed by atoms with Crippen LogP contribution in [0.3, 0.4) is 0 Å². The van der Waals surface area contributed by atoms with Crippen molar-refractivity contribution < 1.29 is 9.90 Å². The van der Waals surface area contributed by atoms with Crippen molar-refractivity contribution in [2.75, 3.05) is 0 Å². The van der Waals surface area contributed by atoms with Crippen LogP contribution in [0.5, 0.6) is 0 Å². The van der Waals surface area contributed by atoms with Crippen LogP contribution >= 0.6 is 39.0 Å². The van der Waals surface area contributed by atoms with E-state index in [2.05, 4.69) is 25.9 Å². The number of pyridine rings is 1. The van der Waals surface area contributed by atoms with Gasteiger partial charge in [-0.05, 0) is 53.2 Å². The van der Waals surface area contributed by atoms with Gasteiger partial charge in [-0.15, -0.1) is 0 Å². The van der Waals surface area contributed by atoms with E-state index in [0.717, 1.165) is 15.1 Å². The number of thiazole rings is 1. The molecule has 0 saturated heterocycles. The minimum absolute atomic E-state index is 0.285. The van der Waals surface area contributed by atoms with E-state index < -0.39 is 5.97 Å². The minimum atomic E-state index is -0.933. The molecule has 94 valence electrons. The van der Waals surface area contributed by atoms with Gasteiger partial charge in [0.1, 0.15) is 9.90 Å². The average Bonchev–Trinajstić information content (AvgIpc) is 2.64. The van der Waals surface area contributed by atoms with Crippen molar-refractivity contribution >= 4 is 45.0 Å². The molecule has 0 spiro atoms. The summed E-state index contributed by atoms with van der Waals surface area (Å²) < 4.78 is 1.62. The van der Waals surface area contributed by atoms with E-state index in [1.165, 1.54) is 23.1 Å². The number of hydrogen-bond donors (Lipinski definition) is 1. The van der Waals surface area contributed by atoms with E-state index in [-0.39, 0.29) is 4.88 Å². The van der Waals surface area contributed by atoms with Crippen LogP contribution in [0.2, 0.25) is 0 Å². The lowest BCUT2D eigenvalue weighted by Gasteiger charge is -2.01. The molecule has 7 heteroatoms. The highest BCUT2D eigenvalue weighted by atomic mass is 79.9. The number of hydrogen-bond acceptors (Lipinski definition) is 5. The first-order valence-electron chi connectivity index (χ1n) is 4.98. The first-order valence-corrected chi connectivity index (χ1v) is 7.40. The Balaban J connectivity index is 2.29. The van der Waals surface area contributed by atoms with Crippen LogP contribution in [0, 0.1) is 13.8 Å². The minimum Gasteiger partial charge on any atom is -0.477 e. The van der Waals surface area contributed by atoms with Gasteiger partial charge in [-0.1, -0.05) is 11.3 Å². The standard InChI is InChI=1S/C11H9BrN2O2S2/c1-5-3-7(12)4-13-9(5)18-11-14-6(2)8(17-11)10(15)16/h3-4H,1-2H3,(H,15,16). The predicted octanol–water partition coefficient (Wildman–Crippen LogP) is 3.77. The Morgan fingerprint density at radius 3 is 2.78 bits per heavy atom. The van der Waals surface area contributed by atoms with E-state index in [1.54, 1.807) is 13.1 Å². The number of carboxylic acids is 1. The number of nitrogens with zero attached hydrogens (tertiary/aromatic N) is 2. The summed E-state index contributed by atoms with van der Waals surface area (Å²) >= 11 is 5.92. The summed E-state index contributed by atoms with van der Waals surface area (Å²) in [5.74, 6) is -0.933. The van der Waals surface area contributed by atoms with Crippen LogP contribution in [0.15, 0.2) is 26.1 Å². The maximum absolute atomic E-state index is 10.9. The summed E-state index contributed by atoms with van der Waals surface area (Å²) in [6.07, 6.45) is 1.72. The molecule has 4 nitrogen and oxygen atoms in total. The molecule has 0 radical (unpaired) electrons. The first kappa shape index (κ1) is 13.5. The van der Waals surface area contributed by atoms with Gasteiger partial charge in [0.05, 0.1) is 5.69 Å². The Hall–Kier alpha value is -0.920. The number of aryl methyl sites for hydroxylation is 2. The van der Waals surface area contributed by atoms with E-state index in [4.69, 9.17) is 5.11 Å². The van der Waals surface area contributed by atoms with Gasteiger partial charge in [0, 0.05) is 10.7 Å². The fourth-order valence-corrected chi connectivity index (χ4v) is 3.74. The molecule has 18 heavy (non-hydrogen) atoms. The van der Waals surface area contributed by atoms with Crippen molar-refractivity contribution in [3.8, 4) is 0 Å². The molecule has 2 aromatic rings. The van der Waals surface area contributed by atoms with E-state index >= 15 is 0 Å². The molecule has 0 aliphatic carbocycles. The van der Waals surface area contributed by atoms with Crippen molar-refractivity contribution in [1.29, 1.82) is 0 Å². The highest BCUT2D eigenvalue weighted by Gasteiger charge is 2.15. The summed E-state index contributed by atoms with van der Waals surface area (Å²) in [6, 6.07) is 1.97. The zero-order valence-electron chi connectivity index (χ0n) is 9.60. The van der Waals surface area contributed by atoms with Crippen LogP contribution in [0.4, 0.5) is 0 Å². The summed E-state index contributed by atoms with van der Waals surface area (Å²) in [6.45, 7) is 3.66. The fourth-order valence-electron chi connectivity index (χ4n) is 1.33. The Morgan fingerprint density at radius 1 is 1.50 bits per heavy atom. The Bertz CT molecular complexity index is 613. The molecule has 0 bridgehead atoms. The normalized spacial score (nSPS) is 10.6. The lowest BCUT2D eigenvalue weighted by atomic mass is 10.3. The SMILES string of the molecule is Cc1cc(Br)cnc1Sc1nc(C)c(C(=O)O)s1. The highest BCUT2D eigenvalue weighted by Crippen LogP contribution is 2.33. The third-order valence-electron chi connectivity index (χ3n) is 2.15. The van der Waals surface area contributed by atoms with Crippen molar-refractivity contribution in [3.05, 3.63) is 32.9 Å². The lowest BCUT2D eigenvalue weighted by molar-refractivity contribution is 0.0701. The van der Waals surface area contributed by atoms with Crippen LogP contribution in [0.25, 0.3) is 0 Å². The van der Waals surface area contributed by atoms with Gasteiger partial charge >= 0.3 is 5.97 Å². The molecule has 2 heterocycles. The Kier molecular flexibility index (Phi) is 4.04. The monoisotopic (exact) mass is 344 g/mol. The molecule has 2 aromatic heterocycles. The Morgan fingerprint density at radius 2 is 2.22 bits per heavy atom. The van der Waals surface area contributed by atoms with Crippen molar-refractivity contribution in [3.63, 3.8) is 0 Å². The maximum atomic E-state index is 10.9. The molecule has 0 saturated carbocycles. The highest BCUT2D eigenvalue weighted by molar-refractivity contribution is 9.10. The molecule has 2 rings (SSSR count). The number of rotatable bonds is 3. The van der Waals surface area contributed by atoms with Gasteiger partial charge in [0.25, 0.3) is 0 Å². The third-order valence-corrected chi connectivity index (χ3v) is 4.91. The van der Waals surface area contributed by atoms with Crippen LogP contribution < -0.4 is 0 Å². The van der Waals surface area contributed by atoms with Crippen molar-refractivity contribution in [2.24, 2.45) is 0 Å². The second-order valence-corrected chi connectivity index (χ2v) is 6.73. The molecular weight excluding hydrogens is 336 g/mol. The van der Waals surface area contributed by atoms with Crippen molar-refractivity contribution in [1.82, 2.24) is 9.97 Å². The number of carbonyl (C=O) groups is 1. The third kappa shape index (κ3) is 2.90. The van der Waals surface area contributed by atoms with Gasteiger partial charge in [0.15, 0.2) is 4.34 Å². The molecule has 0 unspecified atom stereocenters. The van der Waals surface area contributed by atoms with Gasteiger partial charge in [-0.3, -0.25) is 0 Å². The Labute approximate surface area is 121 Å². The largest absolute Gasteiger partial charge is 0.477 e. The summed E-state index contributed by atoms with van der Waals surface area (Å²) in [4.78, 5) is 19.8. The molecule has 0 amide bonds. The molecule has 1 N–H and O–H groups in total. The molecule has 0 aliphatic heterocycles. The van der Waals surface area contributed by atoms with Gasteiger partial charge in [-0.25, -0.2) is 14.8 Å². The molecule has 0 atom stereocenters. The smallest absolute Gasteiger partial charge is 0.347 e. The summed E-state index contributed by atoms with van der Waals surface area (Å²) in [5.41, 5.74) is 1.57. The molecule has 0 fully saturated rings. The second-order valence-electron chi connectivity index (χ2n) is 3.58. The second kappa shape index (κ2) is 5.38. The maximum Gasteiger partial charge on any atom is 0.347 e. The zero-order chi connectivity index (χ0) is 13.3. The zero-order valence-corrected chi connectivity index (χ0v) is 12.8. The van der Waals surface area contributed by atoms with Gasteiger partial charge in [-0.2, -0.15) is 0 Å². The van der Waals surface area contributed by atoms with Gasteiger partial charge < -0.3 is 5.11 Å². The van der Waals surface area contributed by atoms with Crippen LogP contribution in [0.1, 0.15) is 20.9 Å². The number of carboxylic acid groups (broad SMARTS) is 1. The predicted molar refractivity (Wildman–Crippen MR) is 74.6 cm³/mol. The van der Waals surface area contributed by atoms with E-state index in [9.17, 15) is 4.79 Å². The van der Waals surface area contributed by atoms with Crippen LogP contribution in [-0.4, -0.2) is 21.0 Å². The van der Waals surface area contributed by atoms with E-state index in [0.29, 0.717) is 10.0 Å². The van der Waals surface area contributed by atoms with E-state index in [1.807, 2.05) is 13.0 Å². The van der Waals surface area contributed by atoms with Crippen LogP contribution in [-0.2, 0) is 0 Å². The number of aromatic carboxylic acids is 1. The number of aromatic nitrogens is 2. The molecular formula is C11H9BrN2O2S2.